The highest BCUT2D eigenvalue weighted by molar-refractivity contribution is 8.00. The number of likely N-dealkylation sites (tertiary alicyclic amines) is 1. The number of rotatable bonds is 3. The summed E-state index contributed by atoms with van der Waals surface area (Å²) in [6.07, 6.45) is 8.69. The van der Waals surface area contributed by atoms with E-state index in [2.05, 4.69) is 16.9 Å². The summed E-state index contributed by atoms with van der Waals surface area (Å²) in [4.78, 5) is 26.4. The summed E-state index contributed by atoms with van der Waals surface area (Å²) in [6.45, 7) is 6.17. The molecule has 0 unspecified atom stereocenters. The molecule has 0 spiro atoms. The lowest BCUT2D eigenvalue weighted by Crippen LogP contribution is -2.40. The third-order valence-corrected chi connectivity index (χ3v) is 7.61. The minimum absolute atomic E-state index is 0.0886. The summed E-state index contributed by atoms with van der Waals surface area (Å²) in [7, 11) is 0. The molecule has 2 aliphatic rings. The van der Waals surface area contributed by atoms with Crippen LogP contribution in [-0.4, -0.2) is 39.1 Å². The quantitative estimate of drug-likeness (QED) is 0.592. The standard InChI is InChI=1S/C19H25N3OS2/c1-12-6-7-14-15(10-12)25-18-16(14)17(20-11-21-18)24-13(2)19(23)22-8-4-3-5-9-22/h11-13H,3-10H2,1-2H3/t12-,13+/m0/s1. The predicted octanol–water partition coefficient (Wildman–Crippen LogP) is 4.31. The first-order chi connectivity index (χ1) is 12.1. The molecule has 1 amide bonds. The number of fused-ring (bicyclic) bond motifs is 3. The summed E-state index contributed by atoms with van der Waals surface area (Å²) in [5.74, 6) is 1.01. The molecule has 2 atom stereocenters. The monoisotopic (exact) mass is 375 g/mol. The first kappa shape index (κ1) is 17.3. The fourth-order valence-corrected chi connectivity index (χ4v) is 6.37. The van der Waals surface area contributed by atoms with Gasteiger partial charge in [-0.3, -0.25) is 4.79 Å². The number of aryl methyl sites for hydroxylation is 1. The van der Waals surface area contributed by atoms with Crippen LogP contribution in [0, 0.1) is 5.92 Å². The van der Waals surface area contributed by atoms with Crippen LogP contribution in [0.1, 0.15) is 50.0 Å². The first-order valence-electron chi connectivity index (χ1n) is 9.34. The number of carbonyl (C=O) groups is 1. The molecule has 25 heavy (non-hydrogen) atoms. The number of hydrogen-bond donors (Lipinski definition) is 0. The molecule has 0 bridgehead atoms. The van der Waals surface area contributed by atoms with Crippen LogP contribution in [0.5, 0.6) is 0 Å². The number of aromatic nitrogens is 2. The van der Waals surface area contributed by atoms with Gasteiger partial charge in [-0.15, -0.1) is 11.3 Å². The lowest BCUT2D eigenvalue weighted by Gasteiger charge is -2.29. The van der Waals surface area contributed by atoms with E-state index < -0.39 is 0 Å². The van der Waals surface area contributed by atoms with Gasteiger partial charge in [0.1, 0.15) is 16.2 Å². The van der Waals surface area contributed by atoms with Crippen molar-refractivity contribution >= 4 is 39.2 Å². The third kappa shape index (κ3) is 3.43. The lowest BCUT2D eigenvalue weighted by molar-refractivity contribution is -0.131. The van der Waals surface area contributed by atoms with Gasteiger partial charge in [-0.25, -0.2) is 9.97 Å². The molecule has 2 aromatic rings. The molecule has 1 aliphatic carbocycles. The molecule has 0 N–H and O–H groups in total. The van der Waals surface area contributed by atoms with Crippen LogP contribution in [0.15, 0.2) is 11.4 Å². The second-order valence-electron chi connectivity index (χ2n) is 7.36. The van der Waals surface area contributed by atoms with E-state index in [4.69, 9.17) is 0 Å². The minimum Gasteiger partial charge on any atom is -0.342 e. The second-order valence-corrected chi connectivity index (χ2v) is 9.77. The van der Waals surface area contributed by atoms with Gasteiger partial charge in [0.2, 0.25) is 5.91 Å². The summed E-state index contributed by atoms with van der Waals surface area (Å²) in [6, 6.07) is 0. The number of hydrogen-bond acceptors (Lipinski definition) is 5. The zero-order valence-electron chi connectivity index (χ0n) is 15.0. The van der Waals surface area contributed by atoms with Crippen LogP contribution in [0.25, 0.3) is 10.2 Å². The molecule has 0 radical (unpaired) electrons. The van der Waals surface area contributed by atoms with Crippen molar-refractivity contribution in [3.05, 3.63) is 16.8 Å². The van der Waals surface area contributed by atoms with Crippen molar-refractivity contribution in [2.24, 2.45) is 5.92 Å². The van der Waals surface area contributed by atoms with Crippen LogP contribution in [0.4, 0.5) is 0 Å². The van der Waals surface area contributed by atoms with Gasteiger partial charge in [-0.1, -0.05) is 18.7 Å². The maximum Gasteiger partial charge on any atom is 0.235 e. The second kappa shape index (κ2) is 7.23. The molecule has 0 aromatic carbocycles. The highest BCUT2D eigenvalue weighted by Crippen LogP contribution is 2.41. The topological polar surface area (TPSA) is 46.1 Å². The van der Waals surface area contributed by atoms with Crippen molar-refractivity contribution in [1.82, 2.24) is 14.9 Å². The number of thiophene rings is 1. The SMILES string of the molecule is C[C@H]1CCc2c(sc3ncnc(S[C@H](C)C(=O)N4CCCCC4)c23)C1. The molecular weight excluding hydrogens is 350 g/mol. The Hall–Kier alpha value is -1.14. The van der Waals surface area contributed by atoms with Crippen molar-refractivity contribution in [1.29, 1.82) is 0 Å². The van der Waals surface area contributed by atoms with Crippen molar-refractivity contribution in [2.75, 3.05) is 13.1 Å². The number of amides is 1. The highest BCUT2D eigenvalue weighted by Gasteiger charge is 2.27. The Bertz CT molecular complexity index is 782. The van der Waals surface area contributed by atoms with E-state index in [0.29, 0.717) is 0 Å². The fourth-order valence-electron chi connectivity index (χ4n) is 3.92. The zero-order chi connectivity index (χ0) is 17.4. The molecule has 2 aromatic heterocycles. The lowest BCUT2D eigenvalue weighted by atomic mass is 9.89. The average molecular weight is 376 g/mol. The number of piperidine rings is 1. The molecule has 134 valence electrons. The summed E-state index contributed by atoms with van der Waals surface area (Å²) < 4.78 is 0. The van der Waals surface area contributed by atoms with Gasteiger partial charge in [0.15, 0.2) is 0 Å². The van der Waals surface area contributed by atoms with Crippen LogP contribution in [0.3, 0.4) is 0 Å². The van der Waals surface area contributed by atoms with E-state index >= 15 is 0 Å². The fraction of sp³-hybridized carbons (Fsp3) is 0.632. The number of carbonyl (C=O) groups excluding carboxylic acids is 1. The summed E-state index contributed by atoms with van der Waals surface area (Å²) in [5, 5.41) is 2.13. The molecule has 4 rings (SSSR count). The Morgan fingerprint density at radius 2 is 2.12 bits per heavy atom. The normalized spacial score (nSPS) is 22.0. The first-order valence-corrected chi connectivity index (χ1v) is 11.0. The van der Waals surface area contributed by atoms with Gasteiger partial charge in [-0.2, -0.15) is 0 Å². The smallest absolute Gasteiger partial charge is 0.235 e. The molecule has 0 saturated carbocycles. The van der Waals surface area contributed by atoms with Crippen molar-refractivity contribution < 1.29 is 4.79 Å². The molecule has 1 saturated heterocycles. The van der Waals surface area contributed by atoms with E-state index in [-0.39, 0.29) is 11.2 Å². The molecule has 1 fully saturated rings. The maximum atomic E-state index is 12.8. The van der Waals surface area contributed by atoms with Gasteiger partial charge >= 0.3 is 0 Å². The van der Waals surface area contributed by atoms with Crippen LogP contribution in [-0.2, 0) is 17.6 Å². The molecule has 4 nitrogen and oxygen atoms in total. The number of nitrogens with zero attached hydrogens (tertiary/aromatic N) is 3. The maximum absolute atomic E-state index is 12.8. The van der Waals surface area contributed by atoms with Crippen molar-refractivity contribution in [3.8, 4) is 0 Å². The van der Waals surface area contributed by atoms with E-state index in [1.807, 2.05) is 23.2 Å². The molecule has 3 heterocycles. The van der Waals surface area contributed by atoms with E-state index in [1.165, 1.54) is 28.7 Å². The van der Waals surface area contributed by atoms with Crippen molar-refractivity contribution in [3.63, 3.8) is 0 Å². The Balaban J connectivity index is 1.60. The average Bonchev–Trinajstić information content (AvgIpc) is 3.00. The number of thioether (sulfide) groups is 1. The molecular formula is C19H25N3OS2. The van der Waals surface area contributed by atoms with E-state index in [1.54, 1.807) is 18.1 Å². The highest BCUT2D eigenvalue weighted by atomic mass is 32.2. The molecule has 1 aliphatic heterocycles. The van der Waals surface area contributed by atoms with Crippen LogP contribution < -0.4 is 0 Å². The van der Waals surface area contributed by atoms with Gasteiger partial charge in [-0.05, 0) is 56.9 Å². The van der Waals surface area contributed by atoms with Gasteiger partial charge < -0.3 is 4.90 Å². The van der Waals surface area contributed by atoms with Gasteiger partial charge in [0, 0.05) is 23.4 Å². The zero-order valence-corrected chi connectivity index (χ0v) is 16.6. The van der Waals surface area contributed by atoms with E-state index in [9.17, 15) is 4.79 Å². The van der Waals surface area contributed by atoms with Crippen LogP contribution >= 0.6 is 23.1 Å². The Kier molecular flexibility index (Phi) is 5.00. The Morgan fingerprint density at radius 1 is 1.32 bits per heavy atom. The third-order valence-electron chi connectivity index (χ3n) is 5.36. The Morgan fingerprint density at radius 3 is 2.92 bits per heavy atom. The largest absolute Gasteiger partial charge is 0.342 e. The summed E-state index contributed by atoms with van der Waals surface area (Å²) in [5.41, 5.74) is 1.44. The predicted molar refractivity (Wildman–Crippen MR) is 104 cm³/mol. The summed E-state index contributed by atoms with van der Waals surface area (Å²) >= 11 is 3.44. The van der Waals surface area contributed by atoms with Gasteiger partial charge in [0.25, 0.3) is 0 Å². The minimum atomic E-state index is -0.0886. The Labute approximate surface area is 157 Å². The van der Waals surface area contributed by atoms with Crippen LogP contribution in [0.2, 0.25) is 0 Å². The van der Waals surface area contributed by atoms with Gasteiger partial charge in [0.05, 0.1) is 5.25 Å². The molecule has 6 heteroatoms. The van der Waals surface area contributed by atoms with Crippen molar-refractivity contribution in [2.45, 2.75) is 62.6 Å². The van der Waals surface area contributed by atoms with E-state index in [0.717, 1.165) is 54.5 Å².